The van der Waals surface area contributed by atoms with E-state index in [0.717, 1.165) is 39.6 Å². The molecule has 9 heteroatoms. The van der Waals surface area contributed by atoms with E-state index in [1.54, 1.807) is 38.4 Å². The lowest BCUT2D eigenvalue weighted by Crippen LogP contribution is -2.35. The number of pyridine rings is 2. The molecule has 0 saturated heterocycles. The van der Waals surface area contributed by atoms with Gasteiger partial charge in [0.2, 0.25) is 5.91 Å². The number of aromatic nitrogens is 3. The molecule has 0 spiro atoms. The van der Waals surface area contributed by atoms with Gasteiger partial charge >= 0.3 is 0 Å². The molecule has 4 aromatic rings. The fourth-order valence-electron chi connectivity index (χ4n) is 4.16. The van der Waals surface area contributed by atoms with Crippen molar-refractivity contribution in [3.05, 3.63) is 83.9 Å². The van der Waals surface area contributed by atoms with Crippen LogP contribution in [0, 0.1) is 6.92 Å². The van der Waals surface area contributed by atoms with E-state index in [1.165, 1.54) is 0 Å². The van der Waals surface area contributed by atoms with Crippen molar-refractivity contribution in [2.45, 2.75) is 40.2 Å². The minimum absolute atomic E-state index is 0.114. The number of fused-ring (bicyclic) bond motifs is 1. The number of amides is 2. The SMILES string of the molecule is C/C=C\C(=C/CC)c1cc(C(=O)Nc2cc(-c3c(C)ccc4ncccc34)cc(NC(=O)C(C)NC)n2)no1. The number of carbonyl (C=O) groups is 2. The summed E-state index contributed by atoms with van der Waals surface area (Å²) < 4.78 is 5.44. The average molecular weight is 525 g/mol. The van der Waals surface area contributed by atoms with Crippen molar-refractivity contribution in [3.63, 3.8) is 0 Å². The highest BCUT2D eigenvalue weighted by Crippen LogP contribution is 2.34. The average Bonchev–Trinajstić information content (AvgIpc) is 3.43. The second-order valence-corrected chi connectivity index (χ2v) is 9.05. The molecule has 9 nitrogen and oxygen atoms in total. The molecule has 0 aliphatic rings. The van der Waals surface area contributed by atoms with Gasteiger partial charge in [-0.05, 0) is 75.2 Å². The topological polar surface area (TPSA) is 122 Å². The van der Waals surface area contributed by atoms with Crippen LogP contribution >= 0.6 is 0 Å². The summed E-state index contributed by atoms with van der Waals surface area (Å²) in [5.74, 6) is 0.318. The van der Waals surface area contributed by atoms with Crippen LogP contribution in [-0.2, 0) is 4.79 Å². The van der Waals surface area contributed by atoms with E-state index in [4.69, 9.17) is 4.52 Å². The fraction of sp³-hybridized carbons (Fsp3) is 0.233. The quantitative estimate of drug-likeness (QED) is 0.238. The zero-order valence-corrected chi connectivity index (χ0v) is 22.7. The number of hydrogen-bond donors (Lipinski definition) is 3. The van der Waals surface area contributed by atoms with Gasteiger partial charge < -0.3 is 20.5 Å². The molecule has 0 aliphatic heterocycles. The first-order valence-electron chi connectivity index (χ1n) is 12.8. The predicted octanol–water partition coefficient (Wildman–Crippen LogP) is 5.76. The maximum absolute atomic E-state index is 13.2. The van der Waals surface area contributed by atoms with Gasteiger partial charge in [-0.2, -0.15) is 0 Å². The van der Waals surface area contributed by atoms with E-state index in [1.807, 2.05) is 63.3 Å². The Kier molecular flexibility index (Phi) is 8.63. The summed E-state index contributed by atoms with van der Waals surface area (Å²) in [6.07, 6.45) is 8.35. The molecule has 200 valence electrons. The van der Waals surface area contributed by atoms with Gasteiger partial charge in [-0.15, -0.1) is 0 Å². The summed E-state index contributed by atoms with van der Waals surface area (Å²) in [5.41, 5.74) is 4.51. The van der Waals surface area contributed by atoms with Crippen LogP contribution in [0.2, 0.25) is 0 Å². The summed E-state index contributed by atoms with van der Waals surface area (Å²) in [7, 11) is 1.70. The van der Waals surface area contributed by atoms with Gasteiger partial charge in [0.1, 0.15) is 11.6 Å². The summed E-state index contributed by atoms with van der Waals surface area (Å²) in [4.78, 5) is 34.8. The molecule has 1 atom stereocenters. The van der Waals surface area contributed by atoms with Crippen molar-refractivity contribution < 1.29 is 14.1 Å². The van der Waals surface area contributed by atoms with Gasteiger partial charge in [-0.25, -0.2) is 4.98 Å². The van der Waals surface area contributed by atoms with E-state index in [9.17, 15) is 9.59 Å². The normalized spacial score (nSPS) is 12.6. The Labute approximate surface area is 227 Å². The lowest BCUT2D eigenvalue weighted by atomic mass is 9.96. The molecule has 0 saturated carbocycles. The van der Waals surface area contributed by atoms with E-state index >= 15 is 0 Å². The molecule has 1 aromatic carbocycles. The predicted molar refractivity (Wildman–Crippen MR) is 154 cm³/mol. The van der Waals surface area contributed by atoms with E-state index in [-0.39, 0.29) is 17.4 Å². The van der Waals surface area contributed by atoms with Crippen molar-refractivity contribution in [2.24, 2.45) is 0 Å². The Morgan fingerprint density at radius 3 is 2.59 bits per heavy atom. The number of anilines is 2. The number of rotatable bonds is 9. The van der Waals surface area contributed by atoms with E-state index < -0.39 is 11.9 Å². The van der Waals surface area contributed by atoms with Gasteiger partial charge in [0.05, 0.1) is 11.6 Å². The third kappa shape index (κ3) is 6.27. The van der Waals surface area contributed by atoms with Crippen LogP contribution < -0.4 is 16.0 Å². The number of nitrogens with one attached hydrogen (secondary N) is 3. The minimum Gasteiger partial charge on any atom is -0.356 e. The molecular weight excluding hydrogens is 492 g/mol. The Morgan fingerprint density at radius 1 is 1.10 bits per heavy atom. The van der Waals surface area contributed by atoms with E-state index in [0.29, 0.717) is 11.6 Å². The Morgan fingerprint density at radius 2 is 1.87 bits per heavy atom. The largest absolute Gasteiger partial charge is 0.356 e. The second kappa shape index (κ2) is 12.3. The van der Waals surface area contributed by atoms with Crippen LogP contribution in [0.4, 0.5) is 11.6 Å². The zero-order valence-electron chi connectivity index (χ0n) is 22.7. The van der Waals surface area contributed by atoms with Crippen LogP contribution in [-0.4, -0.2) is 40.0 Å². The number of nitrogens with zero attached hydrogens (tertiary/aromatic N) is 3. The molecule has 1 unspecified atom stereocenters. The van der Waals surface area contributed by atoms with Gasteiger partial charge in [0, 0.05) is 23.2 Å². The van der Waals surface area contributed by atoms with Crippen LogP contribution in [0.3, 0.4) is 0 Å². The molecule has 39 heavy (non-hydrogen) atoms. The van der Waals surface area contributed by atoms with Crippen molar-refractivity contribution in [2.75, 3.05) is 17.7 Å². The lowest BCUT2D eigenvalue weighted by Gasteiger charge is -2.15. The second-order valence-electron chi connectivity index (χ2n) is 9.05. The molecule has 0 radical (unpaired) electrons. The minimum atomic E-state index is -0.483. The molecule has 0 aliphatic carbocycles. The first-order valence-corrected chi connectivity index (χ1v) is 12.8. The van der Waals surface area contributed by atoms with Crippen LogP contribution in [0.5, 0.6) is 0 Å². The number of carbonyl (C=O) groups excluding carboxylic acids is 2. The molecule has 4 rings (SSSR count). The van der Waals surface area contributed by atoms with Crippen molar-refractivity contribution >= 4 is 39.9 Å². The lowest BCUT2D eigenvalue weighted by molar-refractivity contribution is -0.117. The fourth-order valence-corrected chi connectivity index (χ4v) is 4.16. The van der Waals surface area contributed by atoms with Crippen LogP contribution in [0.25, 0.3) is 27.6 Å². The highest BCUT2D eigenvalue weighted by atomic mass is 16.5. The molecular formula is C30H32N6O3. The first-order chi connectivity index (χ1) is 18.8. The third-order valence-corrected chi connectivity index (χ3v) is 6.22. The Hall–Kier alpha value is -4.63. The summed E-state index contributed by atoms with van der Waals surface area (Å²) in [6.45, 7) is 7.69. The monoisotopic (exact) mass is 524 g/mol. The molecule has 0 bridgehead atoms. The molecule has 3 N–H and O–H groups in total. The van der Waals surface area contributed by atoms with Crippen molar-refractivity contribution in [1.29, 1.82) is 0 Å². The Bertz CT molecular complexity index is 1570. The molecule has 2 amide bonds. The van der Waals surface area contributed by atoms with Gasteiger partial charge in [-0.3, -0.25) is 14.6 Å². The number of aryl methyl sites for hydroxylation is 1. The third-order valence-electron chi connectivity index (χ3n) is 6.22. The van der Waals surface area contributed by atoms with E-state index in [2.05, 4.69) is 31.1 Å². The molecule has 3 aromatic heterocycles. The highest BCUT2D eigenvalue weighted by molar-refractivity contribution is 6.04. The van der Waals surface area contributed by atoms with Crippen molar-refractivity contribution in [1.82, 2.24) is 20.4 Å². The summed E-state index contributed by atoms with van der Waals surface area (Å²) in [6, 6.07) is 12.6. The van der Waals surface area contributed by atoms with Gasteiger partial charge in [0.15, 0.2) is 11.5 Å². The standard InChI is InChI=1S/C30H32N6O3/c1-6-9-20(10-7-2)25-17-24(36-39-25)30(38)35-27-16-21(15-26(33-27)34-29(37)19(4)31-5)28-18(3)12-13-23-22(28)11-8-14-32-23/h6,8-17,19,31H,7H2,1-5H3,(H2,33,34,35,37,38)/b9-6-,20-10+. The van der Waals surface area contributed by atoms with Gasteiger partial charge in [-0.1, -0.05) is 42.4 Å². The molecule has 3 heterocycles. The number of likely N-dealkylation sites (N-methyl/N-ethyl adjacent to an activating group) is 1. The first kappa shape index (κ1) is 27.4. The number of allylic oxidation sites excluding steroid dienone is 4. The van der Waals surface area contributed by atoms with Gasteiger partial charge in [0.25, 0.3) is 5.91 Å². The summed E-state index contributed by atoms with van der Waals surface area (Å²) >= 11 is 0. The summed E-state index contributed by atoms with van der Waals surface area (Å²) in [5, 5.41) is 13.5. The zero-order chi connectivity index (χ0) is 27.9. The Balaban J connectivity index is 1.74. The smallest absolute Gasteiger partial charge is 0.279 e. The maximum atomic E-state index is 13.2. The molecule has 0 fully saturated rings. The number of hydrogen-bond acceptors (Lipinski definition) is 7. The van der Waals surface area contributed by atoms with Crippen LogP contribution in [0.15, 0.2) is 71.4 Å². The van der Waals surface area contributed by atoms with Crippen LogP contribution in [0.1, 0.15) is 49.0 Å². The highest BCUT2D eigenvalue weighted by Gasteiger charge is 2.18. The van der Waals surface area contributed by atoms with Crippen molar-refractivity contribution in [3.8, 4) is 11.1 Å². The maximum Gasteiger partial charge on any atom is 0.279 e. The number of benzene rings is 1.